The summed E-state index contributed by atoms with van der Waals surface area (Å²) in [5, 5.41) is 32.8. The van der Waals surface area contributed by atoms with Gasteiger partial charge < -0.3 is 24.8 Å². The summed E-state index contributed by atoms with van der Waals surface area (Å²) < 4.78 is 11.7. The van der Waals surface area contributed by atoms with Gasteiger partial charge in [0.05, 0.1) is 17.6 Å². The standard InChI is InChI=1S/C27H34O6/c1-24-14-17(32-23(30)26(24,3)33-24)12-15-6-8-18-16(11-15)7-9-20-19(18)13-22(29)27(31)10-4-5-21(28)25(20,27)2/h4-6,8,11,17,19-20,22-23,29-31H,7,9-10,12-14H2,1-3H3. The van der Waals surface area contributed by atoms with Crippen LogP contribution in [0.1, 0.15) is 69.1 Å². The third-order valence-corrected chi connectivity index (χ3v) is 10.0. The normalized spacial score (nSPS) is 50.1. The molecule has 0 amide bonds. The van der Waals surface area contributed by atoms with Crippen LogP contribution >= 0.6 is 0 Å². The van der Waals surface area contributed by atoms with Crippen molar-refractivity contribution in [1.29, 1.82) is 0 Å². The lowest BCUT2D eigenvalue weighted by Gasteiger charge is -2.59. The highest BCUT2D eigenvalue weighted by molar-refractivity contribution is 5.97. The van der Waals surface area contributed by atoms with E-state index in [0.29, 0.717) is 19.3 Å². The predicted octanol–water partition coefficient (Wildman–Crippen LogP) is 2.56. The largest absolute Gasteiger partial charge is 0.390 e. The van der Waals surface area contributed by atoms with Crippen LogP contribution in [0, 0.1) is 11.3 Å². The maximum atomic E-state index is 13.0. The molecule has 9 atom stereocenters. The minimum Gasteiger partial charge on any atom is -0.390 e. The van der Waals surface area contributed by atoms with Crippen molar-refractivity contribution in [3.8, 4) is 0 Å². The Kier molecular flexibility index (Phi) is 4.49. The van der Waals surface area contributed by atoms with Crippen molar-refractivity contribution in [2.75, 3.05) is 0 Å². The lowest BCUT2D eigenvalue weighted by atomic mass is 9.47. The van der Waals surface area contributed by atoms with Gasteiger partial charge in [-0.15, -0.1) is 0 Å². The Balaban J connectivity index is 1.27. The van der Waals surface area contributed by atoms with E-state index in [9.17, 15) is 20.1 Å². The van der Waals surface area contributed by atoms with Gasteiger partial charge in [0.2, 0.25) is 0 Å². The number of ether oxygens (including phenoxy) is 2. The molecule has 1 saturated carbocycles. The van der Waals surface area contributed by atoms with Gasteiger partial charge in [-0.1, -0.05) is 24.3 Å². The molecule has 6 heteroatoms. The first-order valence-electron chi connectivity index (χ1n) is 12.3. The minimum absolute atomic E-state index is 0.00293. The molecule has 33 heavy (non-hydrogen) atoms. The van der Waals surface area contributed by atoms with E-state index in [1.54, 1.807) is 12.2 Å². The third kappa shape index (κ3) is 2.76. The van der Waals surface area contributed by atoms with Gasteiger partial charge in [-0.05, 0) is 87.5 Å². The number of benzene rings is 1. The maximum Gasteiger partial charge on any atom is 0.186 e. The molecular weight excluding hydrogens is 420 g/mol. The third-order valence-electron chi connectivity index (χ3n) is 10.0. The molecule has 2 saturated heterocycles. The monoisotopic (exact) mass is 454 g/mol. The molecule has 2 heterocycles. The average Bonchev–Trinajstić information content (AvgIpc) is 3.34. The maximum absolute atomic E-state index is 13.0. The summed E-state index contributed by atoms with van der Waals surface area (Å²) in [6.07, 6.45) is 5.25. The van der Waals surface area contributed by atoms with E-state index in [1.165, 1.54) is 11.1 Å². The summed E-state index contributed by atoms with van der Waals surface area (Å²) in [7, 11) is 0. The first-order valence-corrected chi connectivity index (χ1v) is 12.3. The summed E-state index contributed by atoms with van der Waals surface area (Å²) in [5.74, 6) is -0.0187. The van der Waals surface area contributed by atoms with Crippen molar-refractivity contribution in [3.63, 3.8) is 0 Å². The number of carbonyl (C=O) groups is 1. The van der Waals surface area contributed by atoms with Gasteiger partial charge in [-0.25, -0.2) is 0 Å². The molecule has 0 bridgehead atoms. The fourth-order valence-electron chi connectivity index (χ4n) is 7.62. The van der Waals surface area contributed by atoms with Gasteiger partial charge in [0.25, 0.3) is 0 Å². The summed E-state index contributed by atoms with van der Waals surface area (Å²) in [6, 6.07) is 6.48. The summed E-state index contributed by atoms with van der Waals surface area (Å²) in [5.41, 5.74) is 0.305. The molecule has 3 aliphatic carbocycles. The number of aliphatic hydroxyl groups excluding tert-OH is 2. The summed E-state index contributed by atoms with van der Waals surface area (Å²) >= 11 is 0. The molecule has 0 spiro atoms. The van der Waals surface area contributed by atoms with Crippen molar-refractivity contribution in [3.05, 3.63) is 47.0 Å². The van der Waals surface area contributed by atoms with E-state index in [4.69, 9.17) is 9.47 Å². The number of carbonyl (C=O) groups excluding carboxylic acids is 1. The van der Waals surface area contributed by atoms with Gasteiger partial charge in [-0.3, -0.25) is 4.79 Å². The molecule has 9 unspecified atom stereocenters. The van der Waals surface area contributed by atoms with Crippen LogP contribution in [0.5, 0.6) is 0 Å². The second-order valence-corrected chi connectivity index (χ2v) is 11.6. The predicted molar refractivity (Wildman–Crippen MR) is 121 cm³/mol. The molecule has 0 aromatic heterocycles. The van der Waals surface area contributed by atoms with Crippen LogP contribution in [0.3, 0.4) is 0 Å². The zero-order valence-electron chi connectivity index (χ0n) is 19.6. The van der Waals surface area contributed by atoms with Gasteiger partial charge in [0.15, 0.2) is 12.1 Å². The number of aliphatic hydroxyl groups is 3. The lowest BCUT2D eigenvalue weighted by molar-refractivity contribution is -0.207. The molecular formula is C27H34O6. The number of epoxide rings is 1. The van der Waals surface area contributed by atoms with E-state index in [-0.39, 0.29) is 29.3 Å². The Morgan fingerprint density at radius 2 is 1.97 bits per heavy atom. The van der Waals surface area contributed by atoms with Crippen LogP contribution in [0.4, 0.5) is 0 Å². The minimum atomic E-state index is -1.40. The van der Waals surface area contributed by atoms with E-state index in [0.717, 1.165) is 24.8 Å². The van der Waals surface area contributed by atoms with E-state index < -0.39 is 29.0 Å². The van der Waals surface area contributed by atoms with Gasteiger partial charge in [-0.2, -0.15) is 0 Å². The molecule has 6 rings (SSSR count). The Bertz CT molecular complexity index is 1050. The highest BCUT2D eigenvalue weighted by Gasteiger charge is 2.71. The molecule has 1 aromatic carbocycles. The first kappa shape index (κ1) is 21.9. The van der Waals surface area contributed by atoms with Gasteiger partial charge in [0.1, 0.15) is 16.8 Å². The summed E-state index contributed by atoms with van der Waals surface area (Å²) in [4.78, 5) is 13.0. The highest BCUT2D eigenvalue weighted by atomic mass is 16.7. The van der Waals surface area contributed by atoms with Crippen molar-refractivity contribution in [2.24, 2.45) is 11.3 Å². The van der Waals surface area contributed by atoms with E-state index >= 15 is 0 Å². The zero-order valence-corrected chi connectivity index (χ0v) is 19.6. The number of hydrogen-bond donors (Lipinski definition) is 3. The Morgan fingerprint density at radius 1 is 1.18 bits per heavy atom. The smallest absolute Gasteiger partial charge is 0.186 e. The molecule has 1 aromatic rings. The van der Waals surface area contributed by atoms with Gasteiger partial charge in [0, 0.05) is 6.42 Å². The highest BCUT2D eigenvalue weighted by Crippen LogP contribution is 2.60. The van der Waals surface area contributed by atoms with Crippen molar-refractivity contribution >= 4 is 5.78 Å². The van der Waals surface area contributed by atoms with Crippen LogP contribution in [-0.2, 0) is 27.1 Å². The van der Waals surface area contributed by atoms with Crippen LogP contribution in [0.15, 0.2) is 30.4 Å². The molecule has 3 fully saturated rings. The van der Waals surface area contributed by atoms with Crippen molar-refractivity contribution in [1.82, 2.24) is 0 Å². The van der Waals surface area contributed by atoms with Crippen LogP contribution in [0.2, 0.25) is 0 Å². The molecule has 0 radical (unpaired) electrons. The number of ketones is 1. The number of fused-ring (bicyclic) bond motifs is 6. The van der Waals surface area contributed by atoms with Crippen LogP contribution in [-0.4, -0.2) is 56.4 Å². The number of rotatable bonds is 2. The molecule has 5 aliphatic rings. The Labute approximate surface area is 194 Å². The van der Waals surface area contributed by atoms with Crippen molar-refractivity contribution in [2.45, 2.75) is 101 Å². The Morgan fingerprint density at radius 3 is 2.73 bits per heavy atom. The van der Waals surface area contributed by atoms with Crippen LogP contribution in [0.25, 0.3) is 0 Å². The van der Waals surface area contributed by atoms with Crippen molar-refractivity contribution < 1.29 is 29.6 Å². The number of hydrogen-bond acceptors (Lipinski definition) is 6. The lowest BCUT2D eigenvalue weighted by Crippen LogP contribution is -2.67. The number of allylic oxidation sites excluding steroid dienone is 1. The summed E-state index contributed by atoms with van der Waals surface area (Å²) in [6.45, 7) is 5.80. The molecule has 178 valence electrons. The molecule has 3 N–H and O–H groups in total. The quantitative estimate of drug-likeness (QED) is 0.594. The topological polar surface area (TPSA) is 99.5 Å². The van der Waals surface area contributed by atoms with E-state index in [2.05, 4.69) is 18.2 Å². The molecule has 6 nitrogen and oxygen atoms in total. The second kappa shape index (κ2) is 6.76. The second-order valence-electron chi connectivity index (χ2n) is 11.6. The SMILES string of the molecule is CC12CC(Cc3ccc4c(c3)CCC3C4CC(O)C4(O)CC=CC(=O)C34C)OC(O)C1(C)O2. The fourth-order valence-corrected chi connectivity index (χ4v) is 7.62. The first-order chi connectivity index (χ1) is 15.5. The Hall–Kier alpha value is -1.57. The zero-order chi connectivity index (χ0) is 23.4. The van der Waals surface area contributed by atoms with Gasteiger partial charge >= 0.3 is 0 Å². The average molecular weight is 455 g/mol. The van der Waals surface area contributed by atoms with Crippen LogP contribution < -0.4 is 0 Å². The molecule has 2 aliphatic heterocycles. The van der Waals surface area contributed by atoms with E-state index in [1.807, 2.05) is 20.8 Å². The fraction of sp³-hybridized carbons (Fsp3) is 0.667. The number of aryl methyl sites for hydroxylation is 1.